The Bertz CT molecular complexity index is 408. The lowest BCUT2D eigenvalue weighted by Gasteiger charge is -1.99. The van der Waals surface area contributed by atoms with E-state index in [-0.39, 0.29) is 0 Å². The molecule has 1 aromatic carbocycles. The summed E-state index contributed by atoms with van der Waals surface area (Å²) >= 11 is 1.69. The van der Waals surface area contributed by atoms with E-state index >= 15 is 0 Å². The van der Waals surface area contributed by atoms with Gasteiger partial charge < -0.3 is 0 Å². The second kappa shape index (κ2) is 2.90. The highest BCUT2D eigenvalue weighted by atomic mass is 32.2. The number of fused-ring (bicyclic) bond motifs is 1. The molecule has 0 bridgehead atoms. The van der Waals surface area contributed by atoms with Gasteiger partial charge in [0.2, 0.25) is 0 Å². The third-order valence-corrected chi connectivity index (χ3v) is 2.59. The predicted molar refractivity (Wildman–Crippen MR) is 56.2 cm³/mol. The number of rotatable bonds is 1. The first kappa shape index (κ1) is 7.81. The normalized spacial score (nSPS) is 10.8. The van der Waals surface area contributed by atoms with E-state index in [0.29, 0.717) is 0 Å². The van der Waals surface area contributed by atoms with E-state index in [4.69, 9.17) is 7.85 Å². The molecule has 2 rings (SSSR count). The van der Waals surface area contributed by atoms with E-state index in [1.165, 1.54) is 10.9 Å². The molecule has 0 saturated heterocycles. The molecule has 3 heteroatoms. The first-order valence-electron chi connectivity index (χ1n) is 3.72. The monoisotopic (exact) mass is 173 g/mol. The Labute approximate surface area is 77.3 Å². The summed E-state index contributed by atoms with van der Waals surface area (Å²) in [5.74, 6) is 0. The molecule has 2 aromatic rings. The molecule has 0 amide bonds. The van der Waals surface area contributed by atoms with Gasteiger partial charge in [-0.2, -0.15) is 0 Å². The minimum Gasteiger partial charge on any atom is -0.291 e. The van der Waals surface area contributed by atoms with Gasteiger partial charge in [0.1, 0.15) is 7.85 Å². The van der Waals surface area contributed by atoms with Crippen molar-refractivity contribution in [2.75, 3.05) is 6.26 Å². The zero-order valence-electron chi connectivity index (χ0n) is 6.82. The molecule has 2 radical (unpaired) electrons. The Morgan fingerprint density at radius 3 is 2.92 bits per heavy atom. The van der Waals surface area contributed by atoms with Gasteiger partial charge in [-0.1, -0.05) is 17.6 Å². The predicted octanol–water partition coefficient (Wildman–Crippen LogP) is 1.56. The summed E-state index contributed by atoms with van der Waals surface area (Å²) in [6.07, 6.45) is 4.10. The smallest absolute Gasteiger partial charge is 0.113 e. The lowest BCUT2D eigenvalue weighted by atomic mass is 9.95. The molecule has 1 nitrogen and oxygen atoms in total. The van der Waals surface area contributed by atoms with Gasteiger partial charge in [0.05, 0.1) is 5.52 Å². The van der Waals surface area contributed by atoms with Crippen LogP contribution in [0.1, 0.15) is 0 Å². The van der Waals surface area contributed by atoms with Crippen LogP contribution in [0.4, 0.5) is 0 Å². The average molecular weight is 173 g/mol. The second-order valence-corrected chi connectivity index (χ2v) is 3.40. The highest BCUT2D eigenvalue weighted by Gasteiger charge is 1.98. The van der Waals surface area contributed by atoms with Gasteiger partial charge in [-0.05, 0) is 29.5 Å². The lowest BCUT2D eigenvalue weighted by Crippen LogP contribution is -1.99. The fourth-order valence-electron chi connectivity index (χ4n) is 1.29. The molecule has 58 valence electrons. The van der Waals surface area contributed by atoms with E-state index in [2.05, 4.69) is 22.5 Å². The van der Waals surface area contributed by atoms with Crippen molar-refractivity contribution in [2.24, 2.45) is 0 Å². The van der Waals surface area contributed by atoms with Crippen molar-refractivity contribution < 1.29 is 0 Å². The Balaban J connectivity index is 2.73. The first-order valence-corrected chi connectivity index (χ1v) is 4.90. The molecule has 12 heavy (non-hydrogen) atoms. The van der Waals surface area contributed by atoms with Crippen molar-refractivity contribution in [3.8, 4) is 0 Å². The molecule has 1 aromatic heterocycles. The van der Waals surface area contributed by atoms with Gasteiger partial charge in [-0.15, -0.1) is 0 Å². The van der Waals surface area contributed by atoms with Crippen LogP contribution in [0.15, 0.2) is 30.5 Å². The summed E-state index contributed by atoms with van der Waals surface area (Å²) in [7, 11) is 5.66. The van der Waals surface area contributed by atoms with Crippen LogP contribution in [0.3, 0.4) is 0 Å². The van der Waals surface area contributed by atoms with Gasteiger partial charge in [-0.25, -0.2) is 0 Å². The quantitative estimate of drug-likeness (QED) is 0.592. The van der Waals surface area contributed by atoms with Crippen molar-refractivity contribution in [1.29, 1.82) is 0 Å². The summed E-state index contributed by atoms with van der Waals surface area (Å²) in [5.41, 5.74) is 2.04. The molecular weight excluding hydrogens is 165 g/mol. The van der Waals surface area contributed by atoms with E-state index in [9.17, 15) is 0 Å². The van der Waals surface area contributed by atoms with E-state index in [0.717, 1.165) is 5.46 Å². The summed E-state index contributed by atoms with van der Waals surface area (Å²) in [5, 5.41) is 1.20. The summed E-state index contributed by atoms with van der Waals surface area (Å²) < 4.78 is 2.12. The highest BCUT2D eigenvalue weighted by molar-refractivity contribution is 7.97. The first-order chi connectivity index (χ1) is 5.81. The minimum atomic E-state index is 0.821. The van der Waals surface area contributed by atoms with Crippen molar-refractivity contribution in [1.82, 2.24) is 3.97 Å². The summed E-state index contributed by atoms with van der Waals surface area (Å²) in [6.45, 7) is 0. The molecule has 0 saturated carbocycles. The maximum atomic E-state index is 5.66. The molecule has 0 unspecified atom stereocenters. The van der Waals surface area contributed by atoms with Crippen LogP contribution >= 0.6 is 11.9 Å². The third kappa shape index (κ3) is 1.14. The van der Waals surface area contributed by atoms with Crippen molar-refractivity contribution in [3.05, 3.63) is 30.5 Å². The SMILES string of the molecule is [B]c1ccc2c(ccn2SC)c1. The molecule has 0 atom stereocenters. The molecule has 0 N–H and O–H groups in total. The maximum absolute atomic E-state index is 5.66. The molecule has 0 spiro atoms. The Kier molecular flexibility index (Phi) is 1.89. The van der Waals surface area contributed by atoms with Gasteiger partial charge in [0, 0.05) is 12.5 Å². The molecule has 1 heterocycles. The fraction of sp³-hybridized carbons (Fsp3) is 0.111. The number of benzene rings is 1. The van der Waals surface area contributed by atoms with E-state index in [1.54, 1.807) is 11.9 Å². The molecule has 0 aliphatic heterocycles. The van der Waals surface area contributed by atoms with Crippen molar-refractivity contribution in [2.45, 2.75) is 0 Å². The molecule has 0 aliphatic carbocycles. The van der Waals surface area contributed by atoms with Crippen LogP contribution in [0.2, 0.25) is 0 Å². The zero-order valence-corrected chi connectivity index (χ0v) is 7.64. The van der Waals surface area contributed by atoms with Gasteiger partial charge in [-0.3, -0.25) is 3.97 Å². The van der Waals surface area contributed by atoms with Crippen molar-refractivity contribution >= 4 is 36.2 Å². The average Bonchev–Trinajstić information content (AvgIpc) is 2.46. The number of hydrogen-bond donors (Lipinski definition) is 0. The summed E-state index contributed by atoms with van der Waals surface area (Å²) in [6, 6.07) is 8.03. The largest absolute Gasteiger partial charge is 0.291 e. The second-order valence-electron chi connectivity index (χ2n) is 2.64. The summed E-state index contributed by atoms with van der Waals surface area (Å²) in [4.78, 5) is 0. The van der Waals surface area contributed by atoms with Crippen LogP contribution in [-0.4, -0.2) is 18.1 Å². The topological polar surface area (TPSA) is 4.93 Å². The number of hydrogen-bond acceptors (Lipinski definition) is 1. The van der Waals surface area contributed by atoms with E-state index < -0.39 is 0 Å². The highest BCUT2D eigenvalue weighted by Crippen LogP contribution is 2.17. The lowest BCUT2D eigenvalue weighted by molar-refractivity contribution is 1.36. The standard InChI is InChI=1S/C9H8BNS/c1-12-11-5-4-7-6-8(10)2-3-9(7)11/h2-6H,1H3. The zero-order chi connectivity index (χ0) is 8.55. The van der Waals surface area contributed by atoms with Gasteiger partial charge in [0.25, 0.3) is 0 Å². The van der Waals surface area contributed by atoms with Crippen LogP contribution < -0.4 is 5.46 Å². The van der Waals surface area contributed by atoms with Crippen molar-refractivity contribution in [3.63, 3.8) is 0 Å². The minimum absolute atomic E-state index is 0.821. The number of aromatic nitrogens is 1. The molecule has 0 fully saturated rings. The Morgan fingerprint density at radius 1 is 1.33 bits per heavy atom. The third-order valence-electron chi connectivity index (χ3n) is 1.88. The van der Waals surface area contributed by atoms with Gasteiger partial charge >= 0.3 is 0 Å². The fourth-order valence-corrected chi connectivity index (χ4v) is 1.84. The number of nitrogens with zero attached hydrogens (tertiary/aromatic N) is 1. The van der Waals surface area contributed by atoms with Crippen LogP contribution in [-0.2, 0) is 0 Å². The maximum Gasteiger partial charge on any atom is 0.113 e. The Morgan fingerprint density at radius 2 is 2.17 bits per heavy atom. The van der Waals surface area contributed by atoms with Crippen LogP contribution in [0.25, 0.3) is 10.9 Å². The Hall–Kier alpha value is -0.825. The molecule has 0 aliphatic rings. The van der Waals surface area contributed by atoms with E-state index in [1.807, 2.05) is 18.2 Å². The van der Waals surface area contributed by atoms with Crippen LogP contribution in [0, 0.1) is 0 Å². The van der Waals surface area contributed by atoms with Gasteiger partial charge in [0.15, 0.2) is 0 Å². The van der Waals surface area contributed by atoms with Crippen LogP contribution in [0.5, 0.6) is 0 Å². The molecular formula is C9H8BNS.